The van der Waals surface area contributed by atoms with Gasteiger partial charge in [-0.3, -0.25) is 0 Å². The third-order valence-corrected chi connectivity index (χ3v) is 0.262. The number of hydrogen-bond donors (Lipinski definition) is 0. The van der Waals surface area contributed by atoms with Crippen molar-refractivity contribution in [2.75, 3.05) is 13.7 Å². The van der Waals surface area contributed by atoms with Crippen molar-refractivity contribution in [2.45, 2.75) is 0 Å². The second kappa shape index (κ2) is 2.66. The Morgan fingerprint density at radius 1 is 1.83 bits per heavy atom. The molecule has 6 heavy (non-hydrogen) atoms. The molecule has 1 radical (unpaired) electrons. The Morgan fingerprint density at radius 3 is 2.33 bits per heavy atom. The molecule has 0 amide bonds. The molecule has 0 aliphatic carbocycles. The number of hydrogen-bond acceptors (Lipinski definition) is 2. The number of carbonyl (C=O) groups excluding carboxylic acids is 1. The van der Waals surface area contributed by atoms with E-state index in [9.17, 15) is 9.90 Å². The third kappa shape index (κ3) is 3.43. The van der Waals surface area contributed by atoms with Crippen LogP contribution < -0.4 is 0 Å². The van der Waals surface area contributed by atoms with Gasteiger partial charge in [0.25, 0.3) is 0 Å². The number of methoxy groups -OCH3 is 1. The van der Waals surface area contributed by atoms with E-state index in [1.165, 1.54) is 7.11 Å². The predicted molar refractivity (Wildman–Crippen MR) is 17.6 cm³/mol. The first-order valence-electron chi connectivity index (χ1n) is 1.46. The third-order valence-electron chi connectivity index (χ3n) is 0.262. The molecule has 3 nitrogen and oxygen atoms in total. The average Bonchev–Trinajstić information content (AvgIpc) is 1.35. The second-order valence-electron chi connectivity index (χ2n) is 0.805. The smallest absolute Gasteiger partial charge is 0.373 e. The van der Waals surface area contributed by atoms with Crippen LogP contribution in [0.4, 0.5) is 0 Å². The summed E-state index contributed by atoms with van der Waals surface area (Å²) in [7, 11) is 1.30. The van der Waals surface area contributed by atoms with Crippen LogP contribution in [0.2, 0.25) is 0 Å². The lowest BCUT2D eigenvalue weighted by Crippen LogP contribution is -2.00. The van der Waals surface area contributed by atoms with Gasteiger partial charge in [0.2, 0.25) is 0 Å². The van der Waals surface area contributed by atoms with Gasteiger partial charge in [0.15, 0.2) is 0 Å². The summed E-state index contributed by atoms with van der Waals surface area (Å²) in [5.41, 5.74) is 0. The monoisotopic (exact) mass is 89.0 g/mol. The standard InChI is InChI=1S/C3H5O3/c1-6-2-3(4)5/h2H2,1H3. The fourth-order valence-electron chi connectivity index (χ4n) is 0.118. The van der Waals surface area contributed by atoms with E-state index in [-0.39, 0.29) is 6.61 Å². The Balaban J connectivity index is 2.83. The predicted octanol–water partition coefficient (Wildman–Crippen LogP) is -0.410. The van der Waals surface area contributed by atoms with Gasteiger partial charge in [-0.2, -0.15) is 0 Å². The Kier molecular flexibility index (Phi) is 2.40. The van der Waals surface area contributed by atoms with Crippen LogP contribution in [0.3, 0.4) is 0 Å². The van der Waals surface area contributed by atoms with Crippen LogP contribution in [0.25, 0.3) is 0 Å². The summed E-state index contributed by atoms with van der Waals surface area (Å²) < 4.78 is 4.14. The van der Waals surface area contributed by atoms with Crippen molar-refractivity contribution < 1.29 is 14.6 Å². The fraction of sp³-hybridized carbons (Fsp3) is 0.667. The van der Waals surface area contributed by atoms with E-state index in [0.717, 1.165) is 0 Å². The molecule has 0 aliphatic heterocycles. The zero-order chi connectivity index (χ0) is 4.99. The molecule has 0 unspecified atom stereocenters. The van der Waals surface area contributed by atoms with Crippen LogP contribution in [0.5, 0.6) is 0 Å². The van der Waals surface area contributed by atoms with Gasteiger partial charge in [0.05, 0.1) is 0 Å². The molecule has 0 N–H and O–H groups in total. The van der Waals surface area contributed by atoms with Gasteiger partial charge in [-0.15, -0.1) is 0 Å². The maximum Gasteiger partial charge on any atom is 0.380 e. The quantitative estimate of drug-likeness (QED) is 0.461. The van der Waals surface area contributed by atoms with E-state index in [0.29, 0.717) is 0 Å². The summed E-state index contributed by atoms with van der Waals surface area (Å²) >= 11 is 0. The zero-order valence-corrected chi connectivity index (χ0v) is 3.43. The molecular formula is C3H5O3. The molecule has 0 heterocycles. The normalized spacial score (nSPS) is 8.17. The summed E-state index contributed by atoms with van der Waals surface area (Å²) in [4.78, 5) is 9.36. The van der Waals surface area contributed by atoms with Crippen LogP contribution in [0.15, 0.2) is 0 Å². The molecule has 0 saturated carbocycles. The zero-order valence-electron chi connectivity index (χ0n) is 3.43. The molecule has 3 heteroatoms. The first-order valence-corrected chi connectivity index (χ1v) is 1.46. The van der Waals surface area contributed by atoms with E-state index >= 15 is 0 Å². The van der Waals surface area contributed by atoms with E-state index in [1.807, 2.05) is 0 Å². The van der Waals surface area contributed by atoms with Gasteiger partial charge in [-0.25, -0.2) is 9.90 Å². The van der Waals surface area contributed by atoms with Crippen molar-refractivity contribution in [1.29, 1.82) is 0 Å². The molecule has 0 atom stereocenters. The molecule has 0 aliphatic rings. The molecule has 0 aromatic carbocycles. The van der Waals surface area contributed by atoms with E-state index in [2.05, 4.69) is 4.74 Å². The molecule has 0 spiro atoms. The lowest BCUT2D eigenvalue weighted by atomic mass is 10.8. The largest absolute Gasteiger partial charge is 0.380 e. The van der Waals surface area contributed by atoms with Gasteiger partial charge in [0.1, 0.15) is 6.61 Å². The SMILES string of the molecule is COCC([O])=O. The Labute approximate surface area is 35.5 Å². The fourth-order valence-corrected chi connectivity index (χ4v) is 0.118. The van der Waals surface area contributed by atoms with Gasteiger partial charge >= 0.3 is 5.97 Å². The number of carbonyl (C=O) groups is 1. The summed E-state index contributed by atoms with van der Waals surface area (Å²) in [6.45, 7) is -0.319. The maximum absolute atomic E-state index is 9.36. The van der Waals surface area contributed by atoms with Crippen LogP contribution in [-0.4, -0.2) is 19.7 Å². The first-order chi connectivity index (χ1) is 2.77. The van der Waals surface area contributed by atoms with Crippen LogP contribution in [0, 0.1) is 0 Å². The highest BCUT2D eigenvalue weighted by molar-refractivity contribution is 5.67. The minimum absolute atomic E-state index is 0.319. The number of rotatable bonds is 2. The summed E-state index contributed by atoms with van der Waals surface area (Å²) in [6, 6.07) is 0. The van der Waals surface area contributed by atoms with E-state index in [4.69, 9.17) is 0 Å². The van der Waals surface area contributed by atoms with Crippen molar-refractivity contribution in [2.24, 2.45) is 0 Å². The molecule has 35 valence electrons. The first kappa shape index (κ1) is 5.43. The highest BCUT2D eigenvalue weighted by Crippen LogP contribution is 1.63. The van der Waals surface area contributed by atoms with Crippen molar-refractivity contribution >= 4 is 5.97 Å². The molecular weight excluding hydrogens is 84.0 g/mol. The summed E-state index contributed by atoms with van der Waals surface area (Å²) in [5, 5.41) is 9.36. The van der Waals surface area contributed by atoms with Crippen LogP contribution in [0.1, 0.15) is 0 Å². The van der Waals surface area contributed by atoms with E-state index < -0.39 is 5.97 Å². The number of ether oxygens (including phenoxy) is 1. The minimum atomic E-state index is -1.18. The molecule has 0 bridgehead atoms. The highest BCUT2D eigenvalue weighted by atomic mass is 16.5. The van der Waals surface area contributed by atoms with Crippen molar-refractivity contribution in [3.63, 3.8) is 0 Å². The molecule has 0 fully saturated rings. The van der Waals surface area contributed by atoms with Gasteiger partial charge < -0.3 is 4.74 Å². The molecule has 0 aromatic heterocycles. The average molecular weight is 89.1 g/mol. The van der Waals surface area contributed by atoms with Crippen molar-refractivity contribution in [3.05, 3.63) is 0 Å². The molecule has 0 rings (SSSR count). The van der Waals surface area contributed by atoms with Crippen molar-refractivity contribution in [3.8, 4) is 0 Å². The van der Waals surface area contributed by atoms with E-state index in [1.54, 1.807) is 0 Å². The van der Waals surface area contributed by atoms with Crippen LogP contribution >= 0.6 is 0 Å². The second-order valence-corrected chi connectivity index (χ2v) is 0.805. The van der Waals surface area contributed by atoms with Crippen LogP contribution in [-0.2, 0) is 14.6 Å². The van der Waals surface area contributed by atoms with Gasteiger partial charge in [-0.1, -0.05) is 0 Å². The van der Waals surface area contributed by atoms with Crippen molar-refractivity contribution in [1.82, 2.24) is 0 Å². The highest BCUT2D eigenvalue weighted by Gasteiger charge is 1.91. The van der Waals surface area contributed by atoms with Gasteiger partial charge in [-0.05, 0) is 0 Å². The lowest BCUT2D eigenvalue weighted by molar-refractivity contribution is -0.147. The minimum Gasteiger partial charge on any atom is -0.373 e. The maximum atomic E-state index is 9.36. The Bertz CT molecular complexity index is 50.0. The lowest BCUT2D eigenvalue weighted by Gasteiger charge is -1.80. The topological polar surface area (TPSA) is 46.2 Å². The Morgan fingerprint density at radius 2 is 2.33 bits per heavy atom. The summed E-state index contributed by atoms with van der Waals surface area (Å²) in [5.74, 6) is -1.18. The molecule has 0 saturated heterocycles. The van der Waals surface area contributed by atoms with Gasteiger partial charge in [0, 0.05) is 7.11 Å². The Hall–Kier alpha value is -0.570. The summed E-state index contributed by atoms with van der Waals surface area (Å²) in [6.07, 6.45) is 0. The molecule has 0 aromatic rings.